The summed E-state index contributed by atoms with van der Waals surface area (Å²) in [4.78, 5) is 38.4. The number of nitrogens with one attached hydrogen (secondary N) is 2. The Morgan fingerprint density at radius 1 is 0.966 bits per heavy atom. The molecule has 8 heteroatoms. The molecule has 6 nitrogen and oxygen atoms in total. The molecular weight excluding hydrogens is 413 g/mol. The van der Waals surface area contributed by atoms with Crippen LogP contribution in [0.5, 0.6) is 0 Å². The molecule has 0 unspecified atom stereocenters. The molecule has 0 aliphatic carbocycles. The van der Waals surface area contributed by atoms with Gasteiger partial charge in [-0.05, 0) is 51.1 Å². The number of nitrogens with zero attached hydrogens (tertiary/aromatic N) is 1. The minimum atomic E-state index is -0.439. The summed E-state index contributed by atoms with van der Waals surface area (Å²) in [6, 6.07) is 11.6. The number of amides is 3. The van der Waals surface area contributed by atoms with Crippen molar-refractivity contribution in [2.24, 2.45) is 0 Å². The number of halogens is 2. The van der Waals surface area contributed by atoms with Crippen molar-refractivity contribution >= 4 is 46.6 Å². The minimum Gasteiger partial charge on any atom is -0.345 e. The zero-order chi connectivity index (χ0) is 21.6. The van der Waals surface area contributed by atoms with E-state index in [1.807, 2.05) is 19.1 Å². The molecule has 0 aliphatic heterocycles. The Bertz CT molecular complexity index is 899. The average molecular weight is 436 g/mol. The second-order valence-corrected chi connectivity index (χ2v) is 7.66. The van der Waals surface area contributed by atoms with Gasteiger partial charge in [0.05, 0.1) is 16.6 Å². The van der Waals surface area contributed by atoms with Crippen molar-refractivity contribution in [3.8, 4) is 0 Å². The summed E-state index contributed by atoms with van der Waals surface area (Å²) in [5, 5.41) is 5.84. The topological polar surface area (TPSA) is 78.5 Å². The second kappa shape index (κ2) is 10.3. The average Bonchev–Trinajstić information content (AvgIpc) is 2.67. The van der Waals surface area contributed by atoms with Crippen molar-refractivity contribution in [2.45, 2.75) is 26.8 Å². The molecule has 0 radical (unpaired) electrons. The highest BCUT2D eigenvalue weighted by molar-refractivity contribution is 6.42. The molecule has 2 aromatic carbocycles. The molecule has 154 valence electrons. The number of aryl methyl sites for hydroxylation is 1. The lowest BCUT2D eigenvalue weighted by Gasteiger charge is -2.26. The van der Waals surface area contributed by atoms with Crippen LogP contribution in [0.3, 0.4) is 0 Å². The Kier molecular flexibility index (Phi) is 8.05. The first-order valence-electron chi connectivity index (χ1n) is 9.06. The van der Waals surface area contributed by atoms with Crippen LogP contribution in [0.25, 0.3) is 0 Å². The third-order valence-electron chi connectivity index (χ3n) is 4.15. The molecule has 0 bridgehead atoms. The first-order valence-corrected chi connectivity index (χ1v) is 9.82. The highest BCUT2D eigenvalue weighted by Crippen LogP contribution is 2.23. The first-order chi connectivity index (χ1) is 13.7. The van der Waals surface area contributed by atoms with Crippen LogP contribution in [0, 0.1) is 6.92 Å². The van der Waals surface area contributed by atoms with Crippen molar-refractivity contribution in [1.82, 2.24) is 10.2 Å². The predicted octanol–water partition coefficient (Wildman–Crippen LogP) is 3.91. The van der Waals surface area contributed by atoms with E-state index in [2.05, 4.69) is 10.6 Å². The maximum absolute atomic E-state index is 12.8. The van der Waals surface area contributed by atoms with Gasteiger partial charge in [-0.3, -0.25) is 14.4 Å². The molecule has 0 spiro atoms. The number of carbonyl (C=O) groups is 3. The number of carbonyl (C=O) groups excluding carboxylic acids is 3. The SMILES string of the molecule is Cc1ccc(NC(=O)CNC(=O)CN(C(=O)c2ccc(Cl)c(Cl)c2)C(C)C)cc1. The normalized spacial score (nSPS) is 10.6. The molecule has 2 aromatic rings. The molecule has 0 aliphatic rings. The summed E-state index contributed by atoms with van der Waals surface area (Å²) in [6.07, 6.45) is 0. The highest BCUT2D eigenvalue weighted by Gasteiger charge is 2.22. The van der Waals surface area contributed by atoms with Gasteiger partial charge in [0.15, 0.2) is 0 Å². The van der Waals surface area contributed by atoms with E-state index < -0.39 is 5.91 Å². The van der Waals surface area contributed by atoms with E-state index in [0.29, 0.717) is 16.3 Å². The van der Waals surface area contributed by atoms with Crippen LogP contribution >= 0.6 is 23.2 Å². The maximum Gasteiger partial charge on any atom is 0.254 e. The van der Waals surface area contributed by atoms with Crippen molar-refractivity contribution in [2.75, 3.05) is 18.4 Å². The Morgan fingerprint density at radius 3 is 2.21 bits per heavy atom. The number of benzene rings is 2. The van der Waals surface area contributed by atoms with Crippen LogP contribution in [-0.2, 0) is 9.59 Å². The Balaban J connectivity index is 1.93. The van der Waals surface area contributed by atoms with Crippen LogP contribution in [-0.4, -0.2) is 41.8 Å². The summed E-state index contributed by atoms with van der Waals surface area (Å²) in [5.41, 5.74) is 2.06. The second-order valence-electron chi connectivity index (χ2n) is 6.85. The Hall–Kier alpha value is -2.57. The van der Waals surface area contributed by atoms with E-state index in [9.17, 15) is 14.4 Å². The molecule has 0 aromatic heterocycles. The third kappa shape index (κ3) is 6.76. The smallest absolute Gasteiger partial charge is 0.254 e. The standard InChI is InChI=1S/C21H23Cl2N3O3/c1-13(2)26(21(29)15-6-9-17(22)18(23)10-15)12-20(28)24-11-19(27)25-16-7-4-14(3)5-8-16/h4-10,13H,11-12H2,1-3H3,(H,24,28)(H,25,27). The first kappa shape index (κ1) is 22.7. The van der Waals surface area contributed by atoms with Crippen LogP contribution in [0.2, 0.25) is 10.0 Å². The van der Waals surface area contributed by atoms with Crippen LogP contribution in [0.15, 0.2) is 42.5 Å². The van der Waals surface area contributed by atoms with Gasteiger partial charge in [0.2, 0.25) is 11.8 Å². The van der Waals surface area contributed by atoms with E-state index in [1.165, 1.54) is 17.0 Å². The Labute approximate surface area is 180 Å². The third-order valence-corrected chi connectivity index (χ3v) is 4.89. The Morgan fingerprint density at radius 2 is 1.62 bits per heavy atom. The fraction of sp³-hybridized carbons (Fsp3) is 0.286. The molecule has 0 fully saturated rings. The summed E-state index contributed by atoms with van der Waals surface area (Å²) in [7, 11) is 0. The van der Waals surface area contributed by atoms with Crippen molar-refractivity contribution < 1.29 is 14.4 Å². The molecule has 3 amide bonds. The largest absolute Gasteiger partial charge is 0.345 e. The van der Waals surface area contributed by atoms with Gasteiger partial charge in [-0.15, -0.1) is 0 Å². The van der Waals surface area contributed by atoms with Gasteiger partial charge >= 0.3 is 0 Å². The van der Waals surface area contributed by atoms with Gasteiger partial charge in [0.25, 0.3) is 5.91 Å². The van der Waals surface area contributed by atoms with Gasteiger partial charge in [0.1, 0.15) is 6.54 Å². The zero-order valence-corrected chi connectivity index (χ0v) is 18.0. The molecule has 2 rings (SSSR count). The van der Waals surface area contributed by atoms with Crippen LogP contribution in [0.1, 0.15) is 29.8 Å². The zero-order valence-electron chi connectivity index (χ0n) is 16.5. The highest BCUT2D eigenvalue weighted by atomic mass is 35.5. The minimum absolute atomic E-state index is 0.186. The molecule has 0 saturated carbocycles. The van der Waals surface area contributed by atoms with Crippen LogP contribution in [0.4, 0.5) is 5.69 Å². The lowest BCUT2D eigenvalue weighted by Crippen LogP contribution is -2.45. The number of anilines is 1. The molecular formula is C21H23Cl2N3O3. The summed E-state index contributed by atoms with van der Waals surface area (Å²) < 4.78 is 0. The van der Waals surface area contributed by atoms with E-state index in [1.54, 1.807) is 32.0 Å². The van der Waals surface area contributed by atoms with Crippen molar-refractivity contribution in [3.63, 3.8) is 0 Å². The van der Waals surface area contributed by atoms with Gasteiger partial charge in [-0.2, -0.15) is 0 Å². The molecule has 29 heavy (non-hydrogen) atoms. The summed E-state index contributed by atoms with van der Waals surface area (Å²) in [5.74, 6) is -1.14. The van der Waals surface area contributed by atoms with Crippen LogP contribution < -0.4 is 10.6 Å². The number of rotatable bonds is 7. The monoisotopic (exact) mass is 435 g/mol. The van der Waals surface area contributed by atoms with E-state index in [0.717, 1.165) is 5.56 Å². The summed E-state index contributed by atoms with van der Waals surface area (Å²) in [6.45, 7) is 5.17. The van der Waals surface area contributed by atoms with E-state index >= 15 is 0 Å². The lowest BCUT2D eigenvalue weighted by atomic mass is 10.1. The summed E-state index contributed by atoms with van der Waals surface area (Å²) >= 11 is 11.9. The number of hydrogen-bond acceptors (Lipinski definition) is 3. The lowest BCUT2D eigenvalue weighted by molar-refractivity contribution is -0.124. The molecule has 0 atom stereocenters. The quantitative estimate of drug-likeness (QED) is 0.691. The van der Waals surface area contributed by atoms with Gasteiger partial charge in [-0.1, -0.05) is 40.9 Å². The predicted molar refractivity (Wildman–Crippen MR) is 115 cm³/mol. The van der Waals surface area contributed by atoms with Gasteiger partial charge < -0.3 is 15.5 Å². The van der Waals surface area contributed by atoms with Crippen molar-refractivity contribution in [1.29, 1.82) is 0 Å². The van der Waals surface area contributed by atoms with E-state index in [4.69, 9.17) is 23.2 Å². The van der Waals surface area contributed by atoms with Gasteiger partial charge in [0, 0.05) is 17.3 Å². The molecule has 0 heterocycles. The van der Waals surface area contributed by atoms with Gasteiger partial charge in [-0.25, -0.2) is 0 Å². The maximum atomic E-state index is 12.8. The fourth-order valence-electron chi connectivity index (χ4n) is 2.52. The molecule has 0 saturated heterocycles. The van der Waals surface area contributed by atoms with E-state index in [-0.39, 0.29) is 36.0 Å². The van der Waals surface area contributed by atoms with Crippen molar-refractivity contribution in [3.05, 3.63) is 63.6 Å². The number of hydrogen-bond donors (Lipinski definition) is 2. The molecule has 2 N–H and O–H groups in total. The fourth-order valence-corrected chi connectivity index (χ4v) is 2.81.